The third-order valence-corrected chi connectivity index (χ3v) is 6.34. The fourth-order valence-electron chi connectivity index (χ4n) is 4.60. The minimum Gasteiger partial charge on any atom is -0.466 e. The van der Waals surface area contributed by atoms with Gasteiger partial charge in [-0.25, -0.2) is 0 Å². The van der Waals surface area contributed by atoms with Crippen molar-refractivity contribution in [1.82, 2.24) is 5.32 Å². The van der Waals surface area contributed by atoms with Crippen LogP contribution < -0.4 is 5.32 Å². The Morgan fingerprint density at radius 1 is 1.13 bits per heavy atom. The molecular weight excluding hydrogens is 398 g/mol. The molecule has 0 heterocycles. The molecule has 0 aromatic heterocycles. The zero-order valence-corrected chi connectivity index (χ0v) is 18.6. The van der Waals surface area contributed by atoms with Crippen molar-refractivity contribution in [2.75, 3.05) is 13.2 Å². The number of nitrogens with one attached hydrogen (secondary N) is 1. The first kappa shape index (κ1) is 22.8. The van der Waals surface area contributed by atoms with Crippen LogP contribution in [0.5, 0.6) is 0 Å². The number of carbonyl (C=O) groups is 1. The normalized spacial score (nSPS) is 26.3. The summed E-state index contributed by atoms with van der Waals surface area (Å²) in [4.78, 5) is 13.1. The van der Waals surface area contributed by atoms with Gasteiger partial charge in [-0.3, -0.25) is 4.79 Å². The van der Waals surface area contributed by atoms with Gasteiger partial charge in [-0.05, 0) is 56.0 Å². The third-order valence-electron chi connectivity index (χ3n) is 6.09. The number of unbranched alkanes of at least 4 members (excludes halogenated alkanes) is 1. The van der Waals surface area contributed by atoms with E-state index in [1.165, 1.54) is 0 Å². The van der Waals surface area contributed by atoms with Gasteiger partial charge in [-0.2, -0.15) is 0 Å². The molecule has 5 heteroatoms. The first-order valence-corrected chi connectivity index (χ1v) is 11.3. The highest BCUT2D eigenvalue weighted by atomic mass is 35.5. The van der Waals surface area contributed by atoms with Gasteiger partial charge < -0.3 is 15.2 Å². The molecule has 4 atom stereocenters. The molecule has 0 spiro atoms. The Morgan fingerprint density at radius 2 is 1.83 bits per heavy atom. The first-order chi connectivity index (χ1) is 14.5. The summed E-state index contributed by atoms with van der Waals surface area (Å²) in [5.74, 6) is -0.700. The summed E-state index contributed by atoms with van der Waals surface area (Å²) in [7, 11) is 0. The molecule has 4 nitrogen and oxygen atoms in total. The van der Waals surface area contributed by atoms with Crippen LogP contribution in [0.1, 0.15) is 56.6 Å². The Balaban J connectivity index is 2.01. The van der Waals surface area contributed by atoms with Crippen LogP contribution in [-0.2, 0) is 15.1 Å². The molecule has 3 rings (SSSR count). The van der Waals surface area contributed by atoms with E-state index in [1.807, 2.05) is 61.5 Å². The van der Waals surface area contributed by atoms with E-state index in [4.69, 9.17) is 16.3 Å². The molecule has 2 aromatic rings. The number of ether oxygens (including phenoxy) is 1. The van der Waals surface area contributed by atoms with Gasteiger partial charge in [0, 0.05) is 17.0 Å². The van der Waals surface area contributed by atoms with Crippen molar-refractivity contribution in [2.24, 2.45) is 5.92 Å². The lowest BCUT2D eigenvalue weighted by molar-refractivity contribution is -0.154. The van der Waals surface area contributed by atoms with E-state index in [9.17, 15) is 9.90 Å². The molecule has 1 aliphatic rings. The summed E-state index contributed by atoms with van der Waals surface area (Å²) >= 11 is 6.08. The quantitative estimate of drug-likeness (QED) is 0.455. The Bertz CT molecular complexity index is 811. The third kappa shape index (κ3) is 5.23. The predicted octanol–water partition coefficient (Wildman–Crippen LogP) is 5.04. The largest absolute Gasteiger partial charge is 0.466 e. The summed E-state index contributed by atoms with van der Waals surface area (Å²) in [6.07, 6.45) is 2.98. The number of carbonyl (C=O) groups excluding carboxylic acids is 1. The van der Waals surface area contributed by atoms with Gasteiger partial charge in [0.15, 0.2) is 0 Å². The maximum Gasteiger partial charge on any atom is 0.311 e. The van der Waals surface area contributed by atoms with Gasteiger partial charge in [0.25, 0.3) is 0 Å². The molecule has 2 aromatic carbocycles. The molecule has 0 saturated heterocycles. The highest BCUT2D eigenvalue weighted by Gasteiger charge is 2.49. The van der Waals surface area contributed by atoms with E-state index < -0.39 is 5.60 Å². The van der Waals surface area contributed by atoms with E-state index in [2.05, 4.69) is 12.2 Å². The molecule has 162 valence electrons. The van der Waals surface area contributed by atoms with Crippen LogP contribution in [0.3, 0.4) is 0 Å². The van der Waals surface area contributed by atoms with Crippen LogP contribution in [-0.4, -0.2) is 30.3 Å². The van der Waals surface area contributed by atoms with Gasteiger partial charge in [-0.15, -0.1) is 0 Å². The summed E-state index contributed by atoms with van der Waals surface area (Å²) < 4.78 is 5.48. The average molecular weight is 430 g/mol. The van der Waals surface area contributed by atoms with Crippen LogP contribution in [0, 0.1) is 5.92 Å². The lowest BCUT2D eigenvalue weighted by atomic mass is 9.64. The van der Waals surface area contributed by atoms with Gasteiger partial charge in [0.1, 0.15) is 0 Å². The molecule has 2 N–H and O–H groups in total. The van der Waals surface area contributed by atoms with E-state index in [-0.39, 0.29) is 23.8 Å². The van der Waals surface area contributed by atoms with E-state index in [0.717, 1.165) is 30.5 Å². The van der Waals surface area contributed by atoms with E-state index in [0.29, 0.717) is 24.5 Å². The fraction of sp³-hybridized carbons (Fsp3) is 0.480. The van der Waals surface area contributed by atoms with Crippen molar-refractivity contribution >= 4 is 17.6 Å². The SMILES string of the molecule is CCCCN[C@H]1C[C@](O)(c2ccc(Cl)cc2)C[C@H](c2ccccc2)[C@H]1C(=O)OCC. The minimum absolute atomic E-state index is 0.154. The van der Waals surface area contributed by atoms with Gasteiger partial charge >= 0.3 is 5.97 Å². The second-order valence-electron chi connectivity index (χ2n) is 8.16. The number of aliphatic hydroxyl groups is 1. The van der Waals surface area contributed by atoms with Crippen molar-refractivity contribution < 1.29 is 14.6 Å². The number of rotatable bonds is 8. The molecular formula is C25H32ClNO3. The molecule has 0 aliphatic heterocycles. The van der Waals surface area contributed by atoms with Crippen molar-refractivity contribution in [3.8, 4) is 0 Å². The zero-order chi connectivity index (χ0) is 21.6. The van der Waals surface area contributed by atoms with Crippen LogP contribution in [0.15, 0.2) is 54.6 Å². The van der Waals surface area contributed by atoms with Crippen LogP contribution in [0.4, 0.5) is 0 Å². The summed E-state index contributed by atoms with van der Waals surface area (Å²) in [5.41, 5.74) is 0.820. The summed E-state index contributed by atoms with van der Waals surface area (Å²) in [5, 5.41) is 16.0. The van der Waals surface area contributed by atoms with Gasteiger partial charge in [0.05, 0.1) is 18.1 Å². The van der Waals surface area contributed by atoms with Gasteiger partial charge in [-0.1, -0.05) is 67.4 Å². The monoisotopic (exact) mass is 429 g/mol. The maximum atomic E-state index is 13.1. The molecule has 0 amide bonds. The lowest BCUT2D eigenvalue weighted by Gasteiger charge is -2.46. The lowest BCUT2D eigenvalue weighted by Crippen LogP contribution is -2.53. The van der Waals surface area contributed by atoms with Crippen LogP contribution in [0.25, 0.3) is 0 Å². The van der Waals surface area contributed by atoms with Crippen molar-refractivity contribution in [3.63, 3.8) is 0 Å². The van der Waals surface area contributed by atoms with E-state index >= 15 is 0 Å². The number of hydrogen-bond acceptors (Lipinski definition) is 4. The molecule has 0 unspecified atom stereocenters. The van der Waals surface area contributed by atoms with Crippen LogP contribution in [0.2, 0.25) is 5.02 Å². The molecule has 0 bridgehead atoms. The van der Waals surface area contributed by atoms with Crippen molar-refractivity contribution in [1.29, 1.82) is 0 Å². The highest BCUT2D eigenvalue weighted by Crippen LogP contribution is 2.48. The number of esters is 1. The predicted molar refractivity (Wildman–Crippen MR) is 121 cm³/mol. The summed E-state index contributed by atoms with van der Waals surface area (Å²) in [6.45, 7) is 5.12. The van der Waals surface area contributed by atoms with Crippen molar-refractivity contribution in [3.05, 3.63) is 70.7 Å². The Labute approximate surface area is 184 Å². The molecule has 0 radical (unpaired) electrons. The Hall–Kier alpha value is -1.88. The average Bonchev–Trinajstić information content (AvgIpc) is 2.74. The highest BCUT2D eigenvalue weighted by molar-refractivity contribution is 6.30. The second-order valence-corrected chi connectivity index (χ2v) is 8.59. The number of hydrogen-bond donors (Lipinski definition) is 2. The molecule has 1 aliphatic carbocycles. The van der Waals surface area contributed by atoms with Crippen molar-refractivity contribution in [2.45, 2.75) is 57.1 Å². The maximum absolute atomic E-state index is 13.1. The smallest absolute Gasteiger partial charge is 0.311 e. The first-order valence-electron chi connectivity index (χ1n) is 10.9. The molecule has 1 fully saturated rings. The second kappa shape index (κ2) is 10.4. The Morgan fingerprint density at radius 3 is 2.47 bits per heavy atom. The standard InChI is InChI=1S/C25H32ClNO3/c1-3-5-15-27-22-17-25(29,19-11-13-20(26)14-12-19)16-21(18-9-7-6-8-10-18)23(22)24(28)30-4-2/h6-14,21-23,27,29H,3-5,15-17H2,1-2H3/t21-,22+,23-,25+/m1/s1. The van der Waals surface area contributed by atoms with E-state index in [1.54, 1.807) is 0 Å². The molecule has 30 heavy (non-hydrogen) atoms. The molecule has 1 saturated carbocycles. The fourth-order valence-corrected chi connectivity index (χ4v) is 4.72. The zero-order valence-electron chi connectivity index (χ0n) is 17.8. The number of benzene rings is 2. The number of halogens is 1. The summed E-state index contributed by atoms with van der Waals surface area (Å²) in [6, 6.07) is 17.2. The minimum atomic E-state index is -1.06. The topological polar surface area (TPSA) is 58.6 Å². The van der Waals surface area contributed by atoms with Crippen LogP contribution >= 0.6 is 11.6 Å². The van der Waals surface area contributed by atoms with Gasteiger partial charge in [0.2, 0.25) is 0 Å². The Kier molecular flexibility index (Phi) is 7.93.